The summed E-state index contributed by atoms with van der Waals surface area (Å²) in [7, 11) is 0. The number of likely N-dealkylation sites (tertiary alicyclic amines) is 1. The zero-order chi connectivity index (χ0) is 18.8. The molecule has 1 atom stereocenters. The Bertz CT molecular complexity index is 981. The minimum absolute atomic E-state index is 0.0644. The van der Waals surface area contributed by atoms with Gasteiger partial charge in [0, 0.05) is 11.9 Å². The van der Waals surface area contributed by atoms with Crippen molar-refractivity contribution < 1.29 is 9.50 Å². The highest BCUT2D eigenvalue weighted by atomic mass is 19.1. The number of aromatic hydroxyl groups is 1. The lowest BCUT2D eigenvalue weighted by molar-refractivity contribution is 0.143. The Balaban J connectivity index is 1.71. The molecule has 2 aromatic carbocycles. The molecule has 2 heterocycles. The van der Waals surface area contributed by atoms with Gasteiger partial charge in [0.2, 0.25) is 5.88 Å². The first-order valence-corrected chi connectivity index (χ1v) is 9.32. The summed E-state index contributed by atoms with van der Waals surface area (Å²) in [4.78, 5) is 2.35. The van der Waals surface area contributed by atoms with Gasteiger partial charge in [-0.1, -0.05) is 37.3 Å². The molecule has 0 saturated carbocycles. The second-order valence-electron chi connectivity index (χ2n) is 7.23. The van der Waals surface area contributed by atoms with Crippen molar-refractivity contribution in [2.75, 3.05) is 13.1 Å². The summed E-state index contributed by atoms with van der Waals surface area (Å²) < 4.78 is 15.7. The topological polar surface area (TPSA) is 53.1 Å². The molecule has 0 radical (unpaired) electrons. The normalized spacial score (nSPS) is 18.5. The summed E-state index contributed by atoms with van der Waals surface area (Å²) in [6.45, 7) is 4.89. The SMILES string of the molecule is C[C@@H]1CCCN(Cn2c(O)c(N=Nc3ccccc3F)c3ccccc32)C1. The number of hydrogen-bond acceptors (Lipinski definition) is 4. The smallest absolute Gasteiger partial charge is 0.221 e. The van der Waals surface area contributed by atoms with E-state index in [-0.39, 0.29) is 11.6 Å². The number of halogens is 1. The Kier molecular flexibility index (Phi) is 4.90. The average molecular weight is 366 g/mol. The molecule has 140 valence electrons. The average Bonchev–Trinajstić information content (AvgIpc) is 2.93. The first kappa shape index (κ1) is 17.7. The van der Waals surface area contributed by atoms with Crippen LogP contribution in [0.1, 0.15) is 19.8 Å². The van der Waals surface area contributed by atoms with Crippen LogP contribution >= 0.6 is 0 Å². The summed E-state index contributed by atoms with van der Waals surface area (Å²) in [6, 6.07) is 13.9. The summed E-state index contributed by atoms with van der Waals surface area (Å²) in [5.74, 6) is 0.282. The number of azo groups is 1. The standard InChI is InChI=1S/C21H23FN4O/c1-15-7-6-12-25(13-15)14-26-19-11-5-2-8-16(19)20(21(26)27)24-23-18-10-4-3-9-17(18)22/h2-5,8-11,15,27H,6-7,12-14H2,1H3/t15-/m1/s1. The predicted molar refractivity (Wildman–Crippen MR) is 104 cm³/mol. The lowest BCUT2D eigenvalue weighted by Gasteiger charge is -2.31. The van der Waals surface area contributed by atoms with Gasteiger partial charge in [-0.15, -0.1) is 10.2 Å². The number of rotatable bonds is 4. The zero-order valence-electron chi connectivity index (χ0n) is 15.3. The molecule has 0 bridgehead atoms. The molecule has 4 rings (SSSR count). The van der Waals surface area contributed by atoms with Gasteiger partial charge in [-0.05, 0) is 43.5 Å². The molecular formula is C21H23FN4O. The van der Waals surface area contributed by atoms with Gasteiger partial charge in [0.1, 0.15) is 5.69 Å². The molecule has 27 heavy (non-hydrogen) atoms. The van der Waals surface area contributed by atoms with Crippen molar-refractivity contribution in [2.24, 2.45) is 16.1 Å². The fourth-order valence-corrected chi connectivity index (χ4v) is 3.77. The molecule has 1 aromatic heterocycles. The van der Waals surface area contributed by atoms with Gasteiger partial charge in [0.05, 0.1) is 12.2 Å². The molecule has 1 saturated heterocycles. The monoisotopic (exact) mass is 366 g/mol. The van der Waals surface area contributed by atoms with Crippen molar-refractivity contribution in [3.05, 3.63) is 54.3 Å². The van der Waals surface area contributed by atoms with Crippen LogP contribution in [0.3, 0.4) is 0 Å². The minimum atomic E-state index is -0.438. The van der Waals surface area contributed by atoms with Crippen LogP contribution in [-0.4, -0.2) is 27.7 Å². The number of benzene rings is 2. The van der Waals surface area contributed by atoms with Crippen LogP contribution in [0.25, 0.3) is 10.9 Å². The van der Waals surface area contributed by atoms with Crippen LogP contribution in [0.5, 0.6) is 5.88 Å². The Hall–Kier alpha value is -2.73. The van der Waals surface area contributed by atoms with E-state index in [4.69, 9.17) is 0 Å². The van der Waals surface area contributed by atoms with E-state index in [1.165, 1.54) is 18.9 Å². The molecule has 6 heteroatoms. The minimum Gasteiger partial charge on any atom is -0.493 e. The maximum absolute atomic E-state index is 13.8. The highest BCUT2D eigenvalue weighted by Gasteiger charge is 2.21. The van der Waals surface area contributed by atoms with Gasteiger partial charge in [-0.3, -0.25) is 9.47 Å². The van der Waals surface area contributed by atoms with Gasteiger partial charge in [-0.25, -0.2) is 4.39 Å². The van der Waals surface area contributed by atoms with Crippen LogP contribution in [0.2, 0.25) is 0 Å². The summed E-state index contributed by atoms with van der Waals surface area (Å²) in [5, 5.41) is 19.9. The van der Waals surface area contributed by atoms with Crippen LogP contribution in [0.4, 0.5) is 15.8 Å². The second-order valence-corrected chi connectivity index (χ2v) is 7.23. The number of piperidine rings is 1. The van der Waals surface area contributed by atoms with E-state index in [9.17, 15) is 9.50 Å². The van der Waals surface area contributed by atoms with Gasteiger partial charge >= 0.3 is 0 Å². The van der Waals surface area contributed by atoms with Crippen molar-refractivity contribution in [3.63, 3.8) is 0 Å². The maximum Gasteiger partial charge on any atom is 0.221 e. The van der Waals surface area contributed by atoms with Crippen LogP contribution in [0.15, 0.2) is 58.8 Å². The maximum atomic E-state index is 13.8. The highest BCUT2D eigenvalue weighted by molar-refractivity contribution is 5.95. The number of fused-ring (bicyclic) bond motifs is 1. The molecule has 0 aliphatic carbocycles. The van der Waals surface area contributed by atoms with E-state index in [0.29, 0.717) is 18.3 Å². The molecular weight excluding hydrogens is 343 g/mol. The number of nitrogens with zero attached hydrogens (tertiary/aromatic N) is 4. The van der Waals surface area contributed by atoms with Crippen molar-refractivity contribution in [1.82, 2.24) is 9.47 Å². The molecule has 1 aliphatic heterocycles. The zero-order valence-corrected chi connectivity index (χ0v) is 15.3. The fraction of sp³-hybridized carbons (Fsp3) is 0.333. The van der Waals surface area contributed by atoms with Gasteiger partial charge in [-0.2, -0.15) is 0 Å². The van der Waals surface area contributed by atoms with E-state index in [2.05, 4.69) is 22.1 Å². The lowest BCUT2D eigenvalue weighted by atomic mass is 10.0. The van der Waals surface area contributed by atoms with Gasteiger partial charge < -0.3 is 5.11 Å². The third-order valence-corrected chi connectivity index (χ3v) is 5.11. The molecule has 1 N–H and O–H groups in total. The molecule has 1 aliphatic rings. The second kappa shape index (κ2) is 7.48. The van der Waals surface area contributed by atoms with E-state index >= 15 is 0 Å². The van der Waals surface area contributed by atoms with E-state index in [0.717, 1.165) is 24.0 Å². The van der Waals surface area contributed by atoms with Gasteiger partial charge in [0.15, 0.2) is 11.5 Å². The number of aromatic nitrogens is 1. The van der Waals surface area contributed by atoms with Crippen molar-refractivity contribution in [2.45, 2.75) is 26.4 Å². The van der Waals surface area contributed by atoms with Crippen LogP contribution in [-0.2, 0) is 6.67 Å². The Morgan fingerprint density at radius 1 is 1.11 bits per heavy atom. The Labute approximate surface area is 157 Å². The molecule has 1 fully saturated rings. The largest absolute Gasteiger partial charge is 0.493 e. The Morgan fingerprint density at radius 2 is 1.89 bits per heavy atom. The molecule has 3 aromatic rings. The number of para-hydroxylation sites is 1. The molecule has 0 spiro atoms. The van der Waals surface area contributed by atoms with Gasteiger partial charge in [0.25, 0.3) is 0 Å². The third-order valence-electron chi connectivity index (χ3n) is 5.11. The summed E-state index contributed by atoms with van der Waals surface area (Å²) in [6.07, 6.45) is 2.41. The molecule has 0 amide bonds. The van der Waals surface area contributed by atoms with E-state index < -0.39 is 5.82 Å². The highest BCUT2D eigenvalue weighted by Crippen LogP contribution is 2.40. The number of hydrogen-bond donors (Lipinski definition) is 1. The third kappa shape index (κ3) is 3.57. The van der Waals surface area contributed by atoms with E-state index in [1.807, 2.05) is 28.8 Å². The lowest BCUT2D eigenvalue weighted by Crippen LogP contribution is -2.35. The van der Waals surface area contributed by atoms with Crippen molar-refractivity contribution in [1.29, 1.82) is 0 Å². The first-order chi connectivity index (χ1) is 13.1. The van der Waals surface area contributed by atoms with Crippen molar-refractivity contribution in [3.8, 4) is 5.88 Å². The quantitative estimate of drug-likeness (QED) is 0.612. The predicted octanol–water partition coefficient (Wildman–Crippen LogP) is 5.59. The molecule has 0 unspecified atom stereocenters. The van der Waals surface area contributed by atoms with Crippen LogP contribution < -0.4 is 0 Å². The summed E-state index contributed by atoms with van der Waals surface area (Å²) in [5.41, 5.74) is 1.42. The fourth-order valence-electron chi connectivity index (χ4n) is 3.77. The Morgan fingerprint density at radius 3 is 2.70 bits per heavy atom. The van der Waals surface area contributed by atoms with Crippen LogP contribution in [0, 0.1) is 11.7 Å². The molecule has 5 nitrogen and oxygen atoms in total. The van der Waals surface area contributed by atoms with E-state index in [1.54, 1.807) is 18.2 Å². The first-order valence-electron chi connectivity index (χ1n) is 9.32. The van der Waals surface area contributed by atoms with Crippen molar-refractivity contribution >= 4 is 22.3 Å². The summed E-state index contributed by atoms with van der Waals surface area (Å²) >= 11 is 0.